The van der Waals surface area contributed by atoms with Crippen LogP contribution in [0.4, 0.5) is 0 Å². The molecule has 6 nitrogen and oxygen atoms in total. The molecule has 1 atom stereocenters. The van der Waals surface area contributed by atoms with Crippen molar-refractivity contribution in [3.8, 4) is 5.75 Å². The predicted molar refractivity (Wildman–Crippen MR) is 76.7 cm³/mol. The number of nitrogens with zero attached hydrogens (tertiary/aromatic N) is 4. The highest BCUT2D eigenvalue weighted by atomic mass is 16.5. The summed E-state index contributed by atoms with van der Waals surface area (Å²) in [7, 11) is 1.66. The number of rotatable bonds is 6. The Kier molecular flexibility index (Phi) is 4.68. The van der Waals surface area contributed by atoms with Crippen LogP contribution in [0.15, 0.2) is 24.9 Å². The molecular formula is C14H21N5O. The fourth-order valence-electron chi connectivity index (χ4n) is 2.24. The van der Waals surface area contributed by atoms with E-state index in [-0.39, 0.29) is 12.1 Å². The van der Waals surface area contributed by atoms with Crippen LogP contribution < -0.4 is 10.1 Å². The molecule has 108 valence electrons. The lowest BCUT2D eigenvalue weighted by Crippen LogP contribution is -2.26. The van der Waals surface area contributed by atoms with Crippen LogP contribution in [-0.4, -0.2) is 33.4 Å². The first-order valence-electron chi connectivity index (χ1n) is 6.78. The van der Waals surface area contributed by atoms with Gasteiger partial charge in [0.25, 0.3) is 0 Å². The third kappa shape index (κ3) is 2.80. The normalized spacial score (nSPS) is 12.7. The smallest absolute Gasteiger partial charge is 0.161 e. The highest BCUT2D eigenvalue weighted by Crippen LogP contribution is 2.31. The van der Waals surface area contributed by atoms with Crippen LogP contribution in [0.25, 0.3) is 0 Å². The van der Waals surface area contributed by atoms with Gasteiger partial charge in [-0.3, -0.25) is 4.68 Å². The maximum Gasteiger partial charge on any atom is 0.161 e. The van der Waals surface area contributed by atoms with E-state index in [2.05, 4.69) is 41.2 Å². The van der Waals surface area contributed by atoms with Gasteiger partial charge in [0, 0.05) is 24.0 Å². The molecule has 2 aromatic heterocycles. The molecule has 0 spiro atoms. The van der Waals surface area contributed by atoms with Crippen LogP contribution in [0.5, 0.6) is 5.75 Å². The van der Waals surface area contributed by atoms with Crippen molar-refractivity contribution in [2.75, 3.05) is 13.7 Å². The van der Waals surface area contributed by atoms with Gasteiger partial charge < -0.3 is 10.1 Å². The largest absolute Gasteiger partial charge is 0.493 e. The SMILES string of the molecule is CCNC(c1cncnc1)c1c(OC)cnn1C(C)C. The van der Waals surface area contributed by atoms with Crippen molar-refractivity contribution in [3.63, 3.8) is 0 Å². The lowest BCUT2D eigenvalue weighted by atomic mass is 10.1. The van der Waals surface area contributed by atoms with Gasteiger partial charge in [-0.15, -0.1) is 0 Å². The molecule has 1 unspecified atom stereocenters. The first-order chi connectivity index (χ1) is 9.69. The van der Waals surface area contributed by atoms with E-state index in [4.69, 9.17) is 4.74 Å². The molecule has 6 heteroatoms. The van der Waals surface area contributed by atoms with Crippen molar-refractivity contribution in [1.29, 1.82) is 0 Å². The third-order valence-electron chi connectivity index (χ3n) is 3.10. The van der Waals surface area contributed by atoms with Gasteiger partial charge in [0.05, 0.1) is 19.3 Å². The minimum Gasteiger partial charge on any atom is -0.493 e. The zero-order chi connectivity index (χ0) is 14.5. The van der Waals surface area contributed by atoms with Crippen molar-refractivity contribution < 1.29 is 4.74 Å². The van der Waals surface area contributed by atoms with Crippen molar-refractivity contribution in [2.24, 2.45) is 0 Å². The van der Waals surface area contributed by atoms with E-state index in [1.165, 1.54) is 6.33 Å². The van der Waals surface area contributed by atoms with Crippen LogP contribution in [0.2, 0.25) is 0 Å². The molecule has 0 aliphatic carbocycles. The summed E-state index contributed by atoms with van der Waals surface area (Å²) in [4.78, 5) is 8.21. The average Bonchev–Trinajstić information content (AvgIpc) is 2.89. The number of hydrogen-bond donors (Lipinski definition) is 1. The molecule has 0 bridgehead atoms. The van der Waals surface area contributed by atoms with Gasteiger partial charge in [-0.05, 0) is 20.4 Å². The molecule has 0 aliphatic heterocycles. The summed E-state index contributed by atoms with van der Waals surface area (Å²) in [6.45, 7) is 7.09. The Morgan fingerprint density at radius 2 is 1.95 bits per heavy atom. The van der Waals surface area contributed by atoms with E-state index in [1.54, 1.807) is 13.3 Å². The Bertz CT molecular complexity index is 538. The van der Waals surface area contributed by atoms with Gasteiger partial charge in [0.2, 0.25) is 0 Å². The maximum atomic E-state index is 5.46. The molecule has 0 aliphatic rings. The van der Waals surface area contributed by atoms with Crippen LogP contribution in [0.3, 0.4) is 0 Å². The quantitative estimate of drug-likeness (QED) is 0.873. The van der Waals surface area contributed by atoms with Gasteiger partial charge in [0.1, 0.15) is 12.0 Å². The summed E-state index contributed by atoms with van der Waals surface area (Å²) in [5, 5.41) is 7.88. The minimum absolute atomic E-state index is 0.0407. The monoisotopic (exact) mass is 275 g/mol. The lowest BCUT2D eigenvalue weighted by Gasteiger charge is -2.22. The van der Waals surface area contributed by atoms with Crippen LogP contribution >= 0.6 is 0 Å². The topological polar surface area (TPSA) is 64.9 Å². The van der Waals surface area contributed by atoms with Gasteiger partial charge in [-0.1, -0.05) is 6.92 Å². The van der Waals surface area contributed by atoms with Crippen molar-refractivity contribution in [1.82, 2.24) is 25.1 Å². The average molecular weight is 275 g/mol. The number of nitrogens with one attached hydrogen (secondary N) is 1. The highest BCUT2D eigenvalue weighted by Gasteiger charge is 2.24. The molecule has 1 N–H and O–H groups in total. The molecule has 0 radical (unpaired) electrons. The van der Waals surface area contributed by atoms with Gasteiger partial charge in [-0.25, -0.2) is 9.97 Å². The molecule has 0 amide bonds. The Morgan fingerprint density at radius 3 is 2.50 bits per heavy atom. The maximum absolute atomic E-state index is 5.46. The van der Waals surface area contributed by atoms with E-state index in [9.17, 15) is 0 Å². The molecule has 2 rings (SSSR count). The molecule has 20 heavy (non-hydrogen) atoms. The lowest BCUT2D eigenvalue weighted by molar-refractivity contribution is 0.394. The second-order valence-corrected chi connectivity index (χ2v) is 4.80. The highest BCUT2D eigenvalue weighted by molar-refractivity contribution is 5.35. The standard InChI is InChI=1S/C14H21N5O/c1-5-17-13(11-6-15-9-16-7-11)14-12(20-4)8-18-19(14)10(2)3/h6-10,13,17H,5H2,1-4H3. The zero-order valence-electron chi connectivity index (χ0n) is 12.4. The third-order valence-corrected chi connectivity index (χ3v) is 3.10. The van der Waals surface area contributed by atoms with E-state index >= 15 is 0 Å². The molecular weight excluding hydrogens is 254 g/mol. The Morgan fingerprint density at radius 1 is 1.25 bits per heavy atom. The molecule has 0 fully saturated rings. The van der Waals surface area contributed by atoms with Crippen molar-refractivity contribution in [2.45, 2.75) is 32.9 Å². The van der Waals surface area contributed by atoms with Crippen LogP contribution in [0, 0.1) is 0 Å². The van der Waals surface area contributed by atoms with Crippen LogP contribution in [-0.2, 0) is 0 Å². The molecule has 0 saturated carbocycles. The fourth-order valence-corrected chi connectivity index (χ4v) is 2.24. The van der Waals surface area contributed by atoms with Crippen molar-refractivity contribution in [3.05, 3.63) is 36.2 Å². The summed E-state index contributed by atoms with van der Waals surface area (Å²) in [6.07, 6.45) is 6.92. The molecule has 0 saturated heterocycles. The predicted octanol–water partition coefficient (Wildman–Crippen LogP) is 1.96. The Labute approximate surface area is 119 Å². The van der Waals surface area contributed by atoms with Crippen molar-refractivity contribution >= 4 is 0 Å². The fraction of sp³-hybridized carbons (Fsp3) is 0.500. The van der Waals surface area contributed by atoms with Crippen LogP contribution in [0.1, 0.15) is 44.1 Å². The zero-order valence-corrected chi connectivity index (χ0v) is 12.4. The minimum atomic E-state index is -0.0407. The second-order valence-electron chi connectivity index (χ2n) is 4.80. The van der Waals surface area contributed by atoms with E-state index in [0.29, 0.717) is 0 Å². The molecule has 0 aromatic carbocycles. The van der Waals surface area contributed by atoms with Gasteiger partial charge in [0.15, 0.2) is 5.75 Å². The summed E-state index contributed by atoms with van der Waals surface area (Å²) in [5.74, 6) is 0.772. The van der Waals surface area contributed by atoms with Gasteiger partial charge in [-0.2, -0.15) is 5.10 Å². The Hall–Kier alpha value is -1.95. The van der Waals surface area contributed by atoms with E-state index < -0.39 is 0 Å². The van der Waals surface area contributed by atoms with E-state index in [1.807, 2.05) is 17.1 Å². The second kappa shape index (κ2) is 6.47. The summed E-state index contributed by atoms with van der Waals surface area (Å²) >= 11 is 0. The first-order valence-corrected chi connectivity index (χ1v) is 6.78. The summed E-state index contributed by atoms with van der Waals surface area (Å²) in [5.41, 5.74) is 1.99. The number of ether oxygens (including phenoxy) is 1. The Balaban J connectivity index is 2.51. The molecule has 2 aromatic rings. The van der Waals surface area contributed by atoms with Gasteiger partial charge >= 0.3 is 0 Å². The number of aromatic nitrogens is 4. The number of hydrogen-bond acceptors (Lipinski definition) is 5. The first kappa shape index (κ1) is 14.5. The number of methoxy groups -OCH3 is 1. The summed E-state index contributed by atoms with van der Waals surface area (Å²) < 4.78 is 7.43. The van der Waals surface area contributed by atoms with E-state index in [0.717, 1.165) is 23.6 Å². The summed E-state index contributed by atoms with van der Waals surface area (Å²) in [6, 6.07) is 0.209. The molecule has 2 heterocycles.